The lowest BCUT2D eigenvalue weighted by Crippen LogP contribution is -2.11. The highest BCUT2D eigenvalue weighted by Gasteiger charge is 2.12. The van der Waals surface area contributed by atoms with Crippen molar-refractivity contribution in [2.45, 2.75) is 38.6 Å². The van der Waals surface area contributed by atoms with E-state index in [2.05, 4.69) is 59.1 Å². The molecule has 0 heterocycles. The van der Waals surface area contributed by atoms with Crippen molar-refractivity contribution in [2.75, 3.05) is 5.32 Å². The number of hydrogen-bond donors (Lipinski definition) is 1. The van der Waals surface area contributed by atoms with Gasteiger partial charge in [-0.2, -0.15) is 0 Å². The maximum atomic E-state index is 13.2. The van der Waals surface area contributed by atoms with E-state index in [4.69, 9.17) is 0 Å². The molecule has 0 saturated heterocycles. The van der Waals surface area contributed by atoms with E-state index in [1.165, 1.54) is 30.9 Å². The van der Waals surface area contributed by atoms with Crippen LogP contribution in [0.25, 0.3) is 0 Å². The van der Waals surface area contributed by atoms with E-state index in [-0.39, 0.29) is 11.9 Å². The molecule has 1 nitrogen and oxygen atoms in total. The number of benzene rings is 2. The second-order valence-corrected chi connectivity index (χ2v) is 6.39. The van der Waals surface area contributed by atoms with Crippen molar-refractivity contribution in [3.63, 3.8) is 0 Å². The van der Waals surface area contributed by atoms with Gasteiger partial charge in [-0.15, -0.1) is 0 Å². The number of rotatable bonds is 7. The smallest absolute Gasteiger partial charge is 0.124 e. The Balaban J connectivity index is 2.15. The fourth-order valence-corrected chi connectivity index (χ4v) is 3.03. The van der Waals surface area contributed by atoms with Gasteiger partial charge in [0, 0.05) is 9.26 Å². The summed E-state index contributed by atoms with van der Waals surface area (Å²) < 4.78 is 14.1. The van der Waals surface area contributed by atoms with E-state index in [0.717, 1.165) is 15.7 Å². The molecule has 1 atom stereocenters. The normalized spacial score (nSPS) is 12.1. The molecule has 21 heavy (non-hydrogen) atoms. The summed E-state index contributed by atoms with van der Waals surface area (Å²) in [6.45, 7) is 2.22. The zero-order valence-electron chi connectivity index (χ0n) is 12.3. The van der Waals surface area contributed by atoms with Crippen molar-refractivity contribution in [2.24, 2.45) is 0 Å². The van der Waals surface area contributed by atoms with Crippen LogP contribution >= 0.6 is 22.6 Å². The molecule has 0 spiro atoms. The quantitative estimate of drug-likeness (QED) is 0.436. The van der Waals surface area contributed by atoms with E-state index >= 15 is 0 Å². The Bertz CT molecular complexity index is 556. The van der Waals surface area contributed by atoms with Crippen LogP contribution in [0.3, 0.4) is 0 Å². The number of hydrogen-bond acceptors (Lipinski definition) is 1. The minimum Gasteiger partial charge on any atom is -0.377 e. The number of unbranched alkanes of at least 4 members (excludes halogenated alkanes) is 2. The third-order valence-electron chi connectivity index (χ3n) is 3.56. The molecule has 0 fully saturated rings. The minimum absolute atomic E-state index is 0.188. The summed E-state index contributed by atoms with van der Waals surface area (Å²) in [7, 11) is 0. The monoisotopic (exact) mass is 397 g/mol. The fraction of sp³-hybridized carbons (Fsp3) is 0.333. The molecule has 3 heteroatoms. The van der Waals surface area contributed by atoms with Crippen LogP contribution in [0.4, 0.5) is 10.1 Å². The van der Waals surface area contributed by atoms with Crippen LogP contribution in [-0.2, 0) is 0 Å². The molecule has 0 aliphatic rings. The molecular formula is C18H21FIN. The predicted molar refractivity (Wildman–Crippen MR) is 96.1 cm³/mol. The van der Waals surface area contributed by atoms with Gasteiger partial charge in [-0.05, 0) is 52.8 Å². The van der Waals surface area contributed by atoms with Gasteiger partial charge in [-0.1, -0.05) is 56.5 Å². The average molecular weight is 397 g/mol. The van der Waals surface area contributed by atoms with E-state index < -0.39 is 0 Å². The predicted octanol–water partition coefficient (Wildman–Crippen LogP) is 6.16. The molecule has 0 amide bonds. The number of halogens is 2. The van der Waals surface area contributed by atoms with Crippen LogP contribution in [0.15, 0.2) is 48.5 Å². The van der Waals surface area contributed by atoms with Gasteiger partial charge >= 0.3 is 0 Å². The average Bonchev–Trinajstić information content (AvgIpc) is 2.49. The summed E-state index contributed by atoms with van der Waals surface area (Å²) >= 11 is 2.18. The number of nitrogens with one attached hydrogen (secondary N) is 1. The van der Waals surface area contributed by atoms with Gasteiger partial charge in [0.25, 0.3) is 0 Å². The van der Waals surface area contributed by atoms with Gasteiger partial charge < -0.3 is 5.32 Å². The lowest BCUT2D eigenvalue weighted by Gasteiger charge is -2.21. The molecule has 0 aliphatic carbocycles. The maximum absolute atomic E-state index is 13.2. The highest BCUT2D eigenvalue weighted by molar-refractivity contribution is 14.1. The Labute approximate surface area is 140 Å². The fourth-order valence-electron chi connectivity index (χ4n) is 2.40. The Morgan fingerprint density at radius 1 is 1.10 bits per heavy atom. The van der Waals surface area contributed by atoms with Gasteiger partial charge in [-0.25, -0.2) is 4.39 Å². The molecule has 0 aliphatic heterocycles. The first-order chi connectivity index (χ1) is 10.2. The minimum atomic E-state index is -0.188. The zero-order chi connectivity index (χ0) is 15.1. The lowest BCUT2D eigenvalue weighted by atomic mass is 10.00. The topological polar surface area (TPSA) is 12.0 Å². The van der Waals surface area contributed by atoms with Crippen LogP contribution in [-0.4, -0.2) is 0 Å². The standard InChI is InChI=1S/C18H21FIN/c1-2-3-5-10-17(14-8-6-4-7-9-14)21-18-12-11-15(19)13-16(18)20/h4,6-9,11-13,17,21H,2-3,5,10H2,1H3. The van der Waals surface area contributed by atoms with Gasteiger partial charge in [0.2, 0.25) is 0 Å². The molecule has 2 aromatic carbocycles. The second kappa shape index (κ2) is 8.37. The van der Waals surface area contributed by atoms with Crippen molar-refractivity contribution in [3.8, 4) is 0 Å². The highest BCUT2D eigenvalue weighted by Crippen LogP contribution is 2.28. The van der Waals surface area contributed by atoms with Crippen LogP contribution in [0.1, 0.15) is 44.2 Å². The molecule has 0 bridgehead atoms. The van der Waals surface area contributed by atoms with Crippen LogP contribution in [0.2, 0.25) is 0 Å². The van der Waals surface area contributed by atoms with E-state index in [9.17, 15) is 4.39 Å². The first-order valence-corrected chi connectivity index (χ1v) is 8.55. The molecule has 1 unspecified atom stereocenters. The summed E-state index contributed by atoms with van der Waals surface area (Å²) in [5, 5.41) is 3.58. The van der Waals surface area contributed by atoms with Crippen LogP contribution < -0.4 is 5.32 Å². The Kier molecular flexibility index (Phi) is 6.49. The first-order valence-electron chi connectivity index (χ1n) is 7.47. The van der Waals surface area contributed by atoms with Gasteiger partial charge in [0.15, 0.2) is 0 Å². The van der Waals surface area contributed by atoms with E-state index in [1.54, 1.807) is 6.07 Å². The SMILES string of the molecule is CCCCCC(Nc1ccc(F)cc1I)c1ccccc1. The molecular weight excluding hydrogens is 376 g/mol. The molecule has 0 saturated carbocycles. The highest BCUT2D eigenvalue weighted by atomic mass is 127. The third-order valence-corrected chi connectivity index (χ3v) is 4.45. The van der Waals surface area contributed by atoms with E-state index in [0.29, 0.717) is 0 Å². The second-order valence-electron chi connectivity index (χ2n) is 5.23. The molecule has 112 valence electrons. The maximum Gasteiger partial charge on any atom is 0.124 e. The summed E-state index contributed by atoms with van der Waals surface area (Å²) in [6.07, 6.45) is 4.74. The first kappa shape index (κ1) is 16.3. The molecule has 2 aromatic rings. The van der Waals surface area contributed by atoms with Gasteiger partial charge in [0.05, 0.1) is 6.04 Å². The summed E-state index contributed by atoms with van der Waals surface area (Å²) in [5.74, 6) is -0.188. The van der Waals surface area contributed by atoms with Crippen molar-refractivity contribution < 1.29 is 4.39 Å². The molecule has 1 N–H and O–H groups in total. The third kappa shape index (κ3) is 4.99. The van der Waals surface area contributed by atoms with Crippen LogP contribution in [0.5, 0.6) is 0 Å². The summed E-state index contributed by atoms with van der Waals surface area (Å²) in [6, 6.07) is 15.7. The summed E-state index contributed by atoms with van der Waals surface area (Å²) in [4.78, 5) is 0. The van der Waals surface area contributed by atoms with Crippen molar-refractivity contribution >= 4 is 28.3 Å². The summed E-state index contributed by atoms with van der Waals surface area (Å²) in [5.41, 5.74) is 2.29. The van der Waals surface area contributed by atoms with Gasteiger partial charge in [-0.3, -0.25) is 0 Å². The van der Waals surface area contributed by atoms with Gasteiger partial charge in [0.1, 0.15) is 5.82 Å². The Morgan fingerprint density at radius 2 is 1.86 bits per heavy atom. The van der Waals surface area contributed by atoms with E-state index in [1.807, 2.05) is 12.1 Å². The molecule has 0 radical (unpaired) electrons. The Hall–Kier alpha value is -1.10. The van der Waals surface area contributed by atoms with Crippen molar-refractivity contribution in [1.82, 2.24) is 0 Å². The number of anilines is 1. The molecule has 2 rings (SSSR count). The van der Waals surface area contributed by atoms with Crippen molar-refractivity contribution in [1.29, 1.82) is 0 Å². The lowest BCUT2D eigenvalue weighted by molar-refractivity contribution is 0.605. The zero-order valence-corrected chi connectivity index (χ0v) is 14.4. The van der Waals surface area contributed by atoms with Crippen molar-refractivity contribution in [3.05, 3.63) is 63.5 Å². The largest absolute Gasteiger partial charge is 0.377 e. The Morgan fingerprint density at radius 3 is 2.52 bits per heavy atom. The van der Waals surface area contributed by atoms with Crippen LogP contribution in [0, 0.1) is 9.39 Å². The molecule has 0 aromatic heterocycles.